The average molecular weight is 386 g/mol. The van der Waals surface area contributed by atoms with Crippen LogP contribution in [0, 0.1) is 17.6 Å². The number of carbonyl (C=O) groups is 4. The van der Waals surface area contributed by atoms with Crippen molar-refractivity contribution in [3.8, 4) is 0 Å². The largest absolute Gasteiger partial charge is 0.338 e. The number of anilines is 1. The standard InChI is InChI=1S/C19H12F2N2O5/c20-13-6-3-7-14(21)16(13)22-9-10(8-15(22)24)19(27)28-23-17(25)11-4-1-2-5-12(11)18(23)26/h1-7,10H,8-9H2. The first kappa shape index (κ1) is 17.8. The van der Waals surface area contributed by atoms with Crippen LogP contribution in [0.1, 0.15) is 27.1 Å². The van der Waals surface area contributed by atoms with Gasteiger partial charge in [0.1, 0.15) is 17.3 Å². The number of fused-ring (bicyclic) bond motifs is 1. The molecule has 4 rings (SSSR count). The minimum Gasteiger partial charge on any atom is -0.329 e. The Balaban J connectivity index is 1.51. The lowest BCUT2D eigenvalue weighted by molar-refractivity contribution is -0.173. The molecular weight excluding hydrogens is 374 g/mol. The first-order valence-electron chi connectivity index (χ1n) is 8.32. The zero-order valence-corrected chi connectivity index (χ0v) is 14.2. The molecule has 1 fully saturated rings. The number of rotatable bonds is 3. The second-order valence-corrected chi connectivity index (χ2v) is 6.34. The van der Waals surface area contributed by atoms with Gasteiger partial charge in [0.15, 0.2) is 0 Å². The van der Waals surface area contributed by atoms with Crippen molar-refractivity contribution in [1.82, 2.24) is 5.06 Å². The third-order valence-electron chi connectivity index (χ3n) is 4.60. The van der Waals surface area contributed by atoms with Gasteiger partial charge in [-0.25, -0.2) is 13.6 Å². The molecule has 2 aromatic carbocycles. The van der Waals surface area contributed by atoms with Crippen LogP contribution in [0.3, 0.4) is 0 Å². The normalized spacial score (nSPS) is 18.6. The van der Waals surface area contributed by atoms with Crippen molar-refractivity contribution in [2.45, 2.75) is 6.42 Å². The van der Waals surface area contributed by atoms with E-state index in [1.165, 1.54) is 12.1 Å². The van der Waals surface area contributed by atoms with Crippen LogP contribution in [0.2, 0.25) is 0 Å². The Morgan fingerprint density at radius 2 is 1.50 bits per heavy atom. The number of amides is 3. The van der Waals surface area contributed by atoms with Crippen LogP contribution in [0.25, 0.3) is 0 Å². The topological polar surface area (TPSA) is 84.0 Å². The molecule has 7 nitrogen and oxygen atoms in total. The van der Waals surface area contributed by atoms with Crippen molar-refractivity contribution < 1.29 is 32.8 Å². The summed E-state index contributed by atoms with van der Waals surface area (Å²) in [5.41, 5.74) is -0.362. The molecule has 2 aromatic rings. The summed E-state index contributed by atoms with van der Waals surface area (Å²) >= 11 is 0. The van der Waals surface area contributed by atoms with Gasteiger partial charge in [0, 0.05) is 13.0 Å². The molecule has 0 radical (unpaired) electrons. The summed E-state index contributed by atoms with van der Waals surface area (Å²) in [6.45, 7) is -0.335. The highest BCUT2D eigenvalue weighted by atomic mass is 19.1. The monoisotopic (exact) mass is 386 g/mol. The van der Waals surface area contributed by atoms with Gasteiger partial charge >= 0.3 is 5.97 Å². The quantitative estimate of drug-likeness (QED) is 0.754. The number of imide groups is 1. The highest BCUT2D eigenvalue weighted by Crippen LogP contribution is 2.31. The first-order chi connectivity index (χ1) is 13.4. The van der Waals surface area contributed by atoms with Crippen molar-refractivity contribution in [2.24, 2.45) is 5.92 Å². The third kappa shape index (κ3) is 2.72. The molecule has 0 saturated carbocycles. The highest BCUT2D eigenvalue weighted by molar-refractivity contribution is 6.21. The lowest BCUT2D eigenvalue weighted by Gasteiger charge is -2.18. The minimum atomic E-state index is -1.09. The summed E-state index contributed by atoms with van der Waals surface area (Å²) in [7, 11) is 0. The molecule has 0 spiro atoms. The maximum absolute atomic E-state index is 13.9. The van der Waals surface area contributed by atoms with Crippen LogP contribution < -0.4 is 4.90 Å². The van der Waals surface area contributed by atoms with E-state index in [0.29, 0.717) is 5.06 Å². The number of carbonyl (C=O) groups excluding carboxylic acids is 4. The molecule has 9 heteroatoms. The van der Waals surface area contributed by atoms with Gasteiger partial charge in [-0.15, -0.1) is 0 Å². The van der Waals surface area contributed by atoms with Crippen molar-refractivity contribution in [3.05, 3.63) is 65.2 Å². The van der Waals surface area contributed by atoms with Crippen molar-refractivity contribution in [1.29, 1.82) is 0 Å². The van der Waals surface area contributed by atoms with E-state index in [0.717, 1.165) is 23.1 Å². The predicted octanol–water partition coefficient (Wildman–Crippen LogP) is 2.07. The van der Waals surface area contributed by atoms with Gasteiger partial charge in [-0.1, -0.05) is 23.3 Å². The molecule has 28 heavy (non-hydrogen) atoms. The fourth-order valence-electron chi connectivity index (χ4n) is 3.24. The van der Waals surface area contributed by atoms with Gasteiger partial charge in [-0.3, -0.25) is 14.4 Å². The van der Waals surface area contributed by atoms with Gasteiger partial charge in [-0.05, 0) is 24.3 Å². The van der Waals surface area contributed by atoms with Crippen LogP contribution in [0.4, 0.5) is 14.5 Å². The molecule has 0 bridgehead atoms. The van der Waals surface area contributed by atoms with Crippen LogP contribution in [0.15, 0.2) is 42.5 Å². The third-order valence-corrected chi connectivity index (χ3v) is 4.60. The number of para-hydroxylation sites is 1. The Kier molecular flexibility index (Phi) is 4.14. The summed E-state index contributed by atoms with van der Waals surface area (Å²) in [4.78, 5) is 54.8. The maximum Gasteiger partial charge on any atom is 0.338 e. The Hall–Kier alpha value is -3.62. The Labute approximate surface area is 157 Å². The summed E-state index contributed by atoms with van der Waals surface area (Å²) in [6, 6.07) is 9.11. The summed E-state index contributed by atoms with van der Waals surface area (Å²) in [6.07, 6.45) is -0.365. The van der Waals surface area contributed by atoms with E-state index in [-0.39, 0.29) is 24.1 Å². The molecule has 142 valence electrons. The summed E-state index contributed by atoms with van der Waals surface area (Å²) in [5.74, 6) is -6.25. The Morgan fingerprint density at radius 3 is 2.07 bits per heavy atom. The molecule has 2 heterocycles. The molecule has 0 N–H and O–H groups in total. The van der Waals surface area contributed by atoms with Gasteiger partial charge in [0.05, 0.1) is 17.0 Å². The summed E-state index contributed by atoms with van der Waals surface area (Å²) < 4.78 is 27.9. The molecule has 2 aliphatic heterocycles. The number of nitrogens with zero attached hydrogens (tertiary/aromatic N) is 2. The van der Waals surface area contributed by atoms with Crippen molar-refractivity contribution in [3.63, 3.8) is 0 Å². The second kappa shape index (κ2) is 6.52. The second-order valence-electron chi connectivity index (χ2n) is 6.34. The Bertz CT molecular complexity index is 983. The average Bonchev–Trinajstić information content (AvgIpc) is 3.16. The van der Waals surface area contributed by atoms with Crippen molar-refractivity contribution in [2.75, 3.05) is 11.4 Å². The number of hydrogen-bond acceptors (Lipinski definition) is 5. The van der Waals surface area contributed by atoms with Crippen LogP contribution in [-0.4, -0.2) is 35.3 Å². The number of benzene rings is 2. The zero-order chi connectivity index (χ0) is 20.0. The van der Waals surface area contributed by atoms with Crippen molar-refractivity contribution >= 4 is 29.4 Å². The predicted molar refractivity (Wildman–Crippen MR) is 89.9 cm³/mol. The molecular formula is C19H12F2N2O5. The van der Waals surface area contributed by atoms with E-state index in [2.05, 4.69) is 0 Å². The lowest BCUT2D eigenvalue weighted by atomic mass is 10.1. The smallest absolute Gasteiger partial charge is 0.329 e. The minimum absolute atomic E-state index is 0.0952. The molecule has 3 amide bonds. The summed E-state index contributed by atoms with van der Waals surface area (Å²) in [5, 5.41) is 0.337. The molecule has 1 unspecified atom stereocenters. The highest BCUT2D eigenvalue weighted by Gasteiger charge is 2.43. The maximum atomic E-state index is 13.9. The molecule has 0 aromatic heterocycles. The van der Waals surface area contributed by atoms with E-state index in [1.54, 1.807) is 12.1 Å². The fraction of sp³-hybridized carbons (Fsp3) is 0.158. The number of hydrogen-bond donors (Lipinski definition) is 0. The van der Waals surface area contributed by atoms with E-state index in [1.807, 2.05) is 0 Å². The van der Waals surface area contributed by atoms with E-state index in [4.69, 9.17) is 4.84 Å². The molecule has 1 atom stereocenters. The van der Waals surface area contributed by atoms with Gasteiger partial charge in [0.2, 0.25) is 5.91 Å². The van der Waals surface area contributed by atoms with Gasteiger partial charge in [0.25, 0.3) is 11.8 Å². The molecule has 0 aliphatic carbocycles. The number of hydroxylamine groups is 2. The van der Waals surface area contributed by atoms with Crippen LogP contribution in [0.5, 0.6) is 0 Å². The SMILES string of the molecule is O=C(ON1C(=O)c2ccccc2C1=O)C1CC(=O)N(c2c(F)cccc2F)C1. The van der Waals surface area contributed by atoms with E-state index >= 15 is 0 Å². The first-order valence-corrected chi connectivity index (χ1v) is 8.32. The van der Waals surface area contributed by atoms with Crippen LogP contribution >= 0.6 is 0 Å². The van der Waals surface area contributed by atoms with E-state index < -0.39 is 46.9 Å². The zero-order valence-electron chi connectivity index (χ0n) is 14.2. The number of halogens is 2. The lowest BCUT2D eigenvalue weighted by Crippen LogP contribution is -2.36. The molecule has 1 saturated heterocycles. The van der Waals surface area contributed by atoms with Gasteiger partial charge < -0.3 is 9.74 Å². The van der Waals surface area contributed by atoms with Crippen LogP contribution in [-0.2, 0) is 14.4 Å². The molecule has 2 aliphatic rings. The Morgan fingerprint density at radius 1 is 0.929 bits per heavy atom. The van der Waals surface area contributed by atoms with E-state index in [9.17, 15) is 28.0 Å². The fourth-order valence-corrected chi connectivity index (χ4v) is 3.24. The van der Waals surface area contributed by atoms with Gasteiger partial charge in [-0.2, -0.15) is 0 Å².